The molecule has 2 heterocycles. The second-order valence-electron chi connectivity index (χ2n) is 7.36. The maximum atomic E-state index is 13.3. The minimum absolute atomic E-state index is 0.157. The molecule has 2 aromatic carbocycles. The van der Waals surface area contributed by atoms with Crippen molar-refractivity contribution >= 4 is 5.91 Å². The molecule has 0 spiro atoms. The third-order valence-electron chi connectivity index (χ3n) is 5.72. The van der Waals surface area contributed by atoms with Gasteiger partial charge in [-0.1, -0.05) is 36.4 Å². The molecule has 2 saturated heterocycles. The van der Waals surface area contributed by atoms with Gasteiger partial charge in [-0.05, 0) is 18.2 Å². The lowest BCUT2D eigenvalue weighted by atomic mass is 9.96. The van der Waals surface area contributed by atoms with Crippen molar-refractivity contribution in [3.8, 4) is 0 Å². The van der Waals surface area contributed by atoms with Crippen LogP contribution in [-0.2, 0) is 6.54 Å². The maximum Gasteiger partial charge on any atom is 0.251 e. The van der Waals surface area contributed by atoms with Crippen molar-refractivity contribution < 1.29 is 14.1 Å². The lowest BCUT2D eigenvalue weighted by Crippen LogP contribution is -3.17. The van der Waals surface area contributed by atoms with Gasteiger partial charge in [0.2, 0.25) is 0 Å². The minimum atomic E-state index is -0.366. The van der Waals surface area contributed by atoms with Crippen LogP contribution < -0.4 is 10.2 Å². The monoisotopic (exact) mass is 339 g/mol. The molecule has 3 nitrogen and oxygen atoms in total. The maximum absolute atomic E-state index is 13.3. The van der Waals surface area contributed by atoms with E-state index in [0.717, 1.165) is 19.4 Å². The minimum Gasteiger partial charge on any atom is -0.349 e. The third-order valence-corrected chi connectivity index (χ3v) is 5.72. The summed E-state index contributed by atoms with van der Waals surface area (Å²) in [5.74, 6) is -0.523. The van der Waals surface area contributed by atoms with Gasteiger partial charge in [0, 0.05) is 42.9 Å². The Morgan fingerprint density at radius 1 is 1.04 bits per heavy atom. The highest BCUT2D eigenvalue weighted by molar-refractivity contribution is 5.94. The summed E-state index contributed by atoms with van der Waals surface area (Å²) in [5.41, 5.74) is 1.79. The number of quaternary nitrogens is 1. The summed E-state index contributed by atoms with van der Waals surface area (Å²) < 4.78 is 13.3. The topological polar surface area (TPSA) is 33.5 Å². The normalized spacial score (nSPS) is 27.9. The number of fused-ring (bicyclic) bond motifs is 2. The van der Waals surface area contributed by atoms with Crippen molar-refractivity contribution in [2.75, 3.05) is 0 Å². The fourth-order valence-corrected chi connectivity index (χ4v) is 4.56. The first-order valence-electron chi connectivity index (χ1n) is 9.15. The van der Waals surface area contributed by atoms with Gasteiger partial charge in [-0.3, -0.25) is 4.79 Å². The first-order chi connectivity index (χ1) is 12.2. The standard InChI is InChI=1S/C21H23FN2O/c22-17-8-4-7-16(11-17)21(25)23-18-12-19-9-10-20(13-18)24(19)14-15-5-2-1-3-6-15/h1-8,11,18-20H,9-10,12-14H2,(H,23,25)/p+1/t18?,19-,20+. The SMILES string of the molecule is O=C(NC1C[C@H]2CC[C@@H](C1)[NH+]2Cc1ccccc1)c1cccc(F)c1. The van der Waals surface area contributed by atoms with Crippen molar-refractivity contribution in [1.29, 1.82) is 0 Å². The second kappa shape index (κ2) is 6.96. The number of nitrogens with one attached hydrogen (secondary N) is 2. The first kappa shape index (κ1) is 16.3. The number of piperidine rings is 1. The van der Waals surface area contributed by atoms with Crippen molar-refractivity contribution in [3.63, 3.8) is 0 Å². The van der Waals surface area contributed by atoms with Crippen LogP contribution in [0.1, 0.15) is 41.6 Å². The Balaban J connectivity index is 1.39. The summed E-state index contributed by atoms with van der Waals surface area (Å²) in [6, 6.07) is 18.0. The third kappa shape index (κ3) is 3.59. The smallest absolute Gasteiger partial charge is 0.251 e. The Kier molecular flexibility index (Phi) is 4.53. The molecule has 2 unspecified atom stereocenters. The molecule has 25 heavy (non-hydrogen) atoms. The van der Waals surface area contributed by atoms with Gasteiger partial charge in [0.05, 0.1) is 12.1 Å². The zero-order valence-corrected chi connectivity index (χ0v) is 14.2. The number of benzene rings is 2. The quantitative estimate of drug-likeness (QED) is 0.881. The van der Waals surface area contributed by atoms with E-state index in [1.54, 1.807) is 17.0 Å². The summed E-state index contributed by atoms with van der Waals surface area (Å²) in [6.45, 7) is 1.07. The van der Waals surface area contributed by atoms with Gasteiger partial charge in [0.15, 0.2) is 0 Å². The number of carbonyl (C=O) groups excluding carboxylic acids is 1. The molecule has 0 radical (unpaired) electrons. The fourth-order valence-electron chi connectivity index (χ4n) is 4.56. The molecule has 130 valence electrons. The molecule has 0 aliphatic carbocycles. The van der Waals surface area contributed by atoms with Crippen LogP contribution in [0.5, 0.6) is 0 Å². The van der Waals surface area contributed by atoms with E-state index in [4.69, 9.17) is 0 Å². The van der Waals surface area contributed by atoms with E-state index in [9.17, 15) is 9.18 Å². The Morgan fingerprint density at radius 3 is 2.44 bits per heavy atom. The average molecular weight is 339 g/mol. The molecular weight excluding hydrogens is 315 g/mol. The number of halogens is 1. The van der Waals surface area contributed by atoms with E-state index in [1.165, 1.54) is 30.5 Å². The van der Waals surface area contributed by atoms with Crippen LogP contribution in [0.4, 0.5) is 4.39 Å². The lowest BCUT2D eigenvalue weighted by molar-refractivity contribution is -0.954. The van der Waals surface area contributed by atoms with Crippen molar-refractivity contribution in [2.45, 2.75) is 50.4 Å². The highest BCUT2D eigenvalue weighted by Gasteiger charge is 2.44. The van der Waals surface area contributed by atoms with Gasteiger partial charge in [-0.25, -0.2) is 4.39 Å². The van der Waals surface area contributed by atoms with Crippen LogP contribution in [0.15, 0.2) is 54.6 Å². The molecule has 4 heteroatoms. The highest BCUT2D eigenvalue weighted by Crippen LogP contribution is 2.24. The first-order valence-corrected chi connectivity index (χ1v) is 9.15. The molecule has 1 amide bonds. The highest BCUT2D eigenvalue weighted by atomic mass is 19.1. The van der Waals surface area contributed by atoms with E-state index >= 15 is 0 Å². The van der Waals surface area contributed by atoms with Gasteiger partial charge in [0.25, 0.3) is 5.91 Å². The Bertz CT molecular complexity index is 735. The molecule has 2 aromatic rings. The van der Waals surface area contributed by atoms with Crippen LogP contribution in [0, 0.1) is 5.82 Å². The molecule has 2 aliphatic rings. The predicted molar refractivity (Wildman–Crippen MR) is 94.8 cm³/mol. The largest absolute Gasteiger partial charge is 0.349 e. The molecule has 4 atom stereocenters. The Morgan fingerprint density at radius 2 is 1.76 bits per heavy atom. The van der Waals surface area contributed by atoms with Crippen molar-refractivity contribution in [3.05, 3.63) is 71.5 Å². The summed E-state index contributed by atoms with van der Waals surface area (Å²) in [5, 5.41) is 3.13. The van der Waals surface area contributed by atoms with E-state index in [2.05, 4.69) is 35.6 Å². The zero-order chi connectivity index (χ0) is 17.2. The van der Waals surface area contributed by atoms with E-state index in [1.807, 2.05) is 0 Å². The van der Waals surface area contributed by atoms with E-state index in [-0.39, 0.29) is 17.8 Å². The van der Waals surface area contributed by atoms with Gasteiger partial charge in [-0.15, -0.1) is 0 Å². The number of amides is 1. The fraction of sp³-hybridized carbons (Fsp3) is 0.381. The lowest BCUT2D eigenvalue weighted by Gasteiger charge is -2.36. The summed E-state index contributed by atoms with van der Waals surface area (Å²) in [7, 11) is 0. The van der Waals surface area contributed by atoms with Crippen LogP contribution in [0.2, 0.25) is 0 Å². The zero-order valence-electron chi connectivity index (χ0n) is 14.2. The average Bonchev–Trinajstić information content (AvgIpc) is 2.85. The van der Waals surface area contributed by atoms with Crippen LogP contribution >= 0.6 is 0 Å². The summed E-state index contributed by atoms with van der Waals surface area (Å²) in [6.07, 6.45) is 4.50. The second-order valence-corrected chi connectivity index (χ2v) is 7.36. The molecule has 2 fully saturated rings. The summed E-state index contributed by atoms with van der Waals surface area (Å²) in [4.78, 5) is 14.1. The van der Waals surface area contributed by atoms with Crippen LogP contribution in [0.25, 0.3) is 0 Å². The van der Waals surface area contributed by atoms with Crippen LogP contribution in [-0.4, -0.2) is 24.0 Å². The molecule has 4 rings (SSSR count). The molecular formula is C21H24FN2O+. The van der Waals surface area contributed by atoms with Gasteiger partial charge in [0.1, 0.15) is 12.4 Å². The Labute approximate surface area is 147 Å². The van der Waals surface area contributed by atoms with E-state index in [0.29, 0.717) is 17.6 Å². The van der Waals surface area contributed by atoms with Crippen LogP contribution in [0.3, 0.4) is 0 Å². The van der Waals surface area contributed by atoms with Gasteiger partial charge < -0.3 is 10.2 Å². The van der Waals surface area contributed by atoms with Gasteiger partial charge in [-0.2, -0.15) is 0 Å². The van der Waals surface area contributed by atoms with E-state index < -0.39 is 0 Å². The number of carbonyl (C=O) groups is 1. The molecule has 0 aromatic heterocycles. The van der Waals surface area contributed by atoms with Crippen molar-refractivity contribution in [1.82, 2.24) is 5.32 Å². The number of hydrogen-bond acceptors (Lipinski definition) is 1. The number of hydrogen-bond donors (Lipinski definition) is 2. The predicted octanol–water partition coefficient (Wildman–Crippen LogP) is 2.33. The van der Waals surface area contributed by atoms with Crippen molar-refractivity contribution in [2.24, 2.45) is 0 Å². The number of rotatable bonds is 4. The summed E-state index contributed by atoms with van der Waals surface area (Å²) >= 11 is 0. The molecule has 2 N–H and O–H groups in total. The van der Waals surface area contributed by atoms with Gasteiger partial charge >= 0.3 is 0 Å². The molecule has 2 bridgehead atoms. The Hall–Kier alpha value is -2.20. The molecule has 0 saturated carbocycles. The molecule has 2 aliphatic heterocycles.